The zero-order valence-electron chi connectivity index (χ0n) is 24.7. The molecule has 2 heterocycles. The topological polar surface area (TPSA) is 98.2 Å². The Morgan fingerprint density at radius 1 is 0.860 bits per heavy atom. The number of amides is 1. The summed E-state index contributed by atoms with van der Waals surface area (Å²) in [4.78, 5) is 33.4. The zero-order valence-corrected chi connectivity index (χ0v) is 25.5. The number of rotatable bonds is 13. The van der Waals surface area contributed by atoms with Gasteiger partial charge in [-0.1, -0.05) is 62.3 Å². The molecule has 1 unspecified atom stereocenters. The van der Waals surface area contributed by atoms with Crippen molar-refractivity contribution < 1.29 is 28.9 Å². The number of Topliss-reactive ketones (excluding diaryl/α,β-unsaturated/α-hetero) is 1. The van der Waals surface area contributed by atoms with Gasteiger partial charge < -0.3 is 19.3 Å². The lowest BCUT2D eigenvalue weighted by Gasteiger charge is -2.23. The van der Waals surface area contributed by atoms with Crippen LogP contribution in [0.3, 0.4) is 0 Å². The fourth-order valence-corrected chi connectivity index (χ4v) is 6.02. The van der Waals surface area contributed by atoms with Gasteiger partial charge in [0.15, 0.2) is 5.13 Å². The molecule has 1 aliphatic rings. The number of carbonyl (C=O) groups excluding carboxylic acids is 2. The minimum Gasteiger partial charge on any atom is -0.507 e. The van der Waals surface area contributed by atoms with Crippen LogP contribution < -0.4 is 19.1 Å². The molecule has 1 aromatic heterocycles. The number of ketones is 1. The van der Waals surface area contributed by atoms with Crippen molar-refractivity contribution in [1.82, 2.24) is 4.98 Å². The van der Waals surface area contributed by atoms with Gasteiger partial charge in [-0.3, -0.25) is 14.5 Å². The number of nitrogens with zero attached hydrogens (tertiary/aromatic N) is 2. The van der Waals surface area contributed by atoms with Crippen LogP contribution in [-0.2, 0) is 9.59 Å². The van der Waals surface area contributed by atoms with E-state index in [1.807, 2.05) is 56.3 Å². The molecule has 224 valence electrons. The highest BCUT2D eigenvalue weighted by atomic mass is 32.1. The number of aliphatic hydroxyl groups excluding tert-OH is 1. The highest BCUT2D eigenvalue weighted by Gasteiger charge is 2.48. The third-order valence-electron chi connectivity index (χ3n) is 7.10. The highest BCUT2D eigenvalue weighted by molar-refractivity contribution is 7.22. The number of thiazole rings is 1. The molecule has 43 heavy (non-hydrogen) atoms. The number of benzene rings is 3. The van der Waals surface area contributed by atoms with E-state index in [0.717, 1.165) is 30.4 Å². The lowest BCUT2D eigenvalue weighted by atomic mass is 9.95. The van der Waals surface area contributed by atoms with E-state index in [-0.39, 0.29) is 11.3 Å². The molecule has 1 aliphatic heterocycles. The normalized spacial score (nSPS) is 16.2. The first-order valence-electron chi connectivity index (χ1n) is 14.8. The molecule has 5 rings (SSSR count). The summed E-state index contributed by atoms with van der Waals surface area (Å²) in [5, 5.41) is 11.9. The quantitative estimate of drug-likeness (QED) is 0.0727. The first-order valence-corrected chi connectivity index (χ1v) is 15.6. The summed E-state index contributed by atoms with van der Waals surface area (Å²) in [7, 11) is 0. The average molecular weight is 601 g/mol. The van der Waals surface area contributed by atoms with Gasteiger partial charge in [-0.15, -0.1) is 0 Å². The fraction of sp³-hybridized carbons (Fsp3) is 0.324. The first-order chi connectivity index (χ1) is 20.9. The molecule has 1 fully saturated rings. The Labute approximate surface area is 255 Å². The first kappa shape index (κ1) is 30.1. The fourth-order valence-electron chi connectivity index (χ4n) is 4.99. The molecule has 0 aliphatic carbocycles. The third kappa shape index (κ3) is 6.51. The van der Waals surface area contributed by atoms with E-state index in [9.17, 15) is 14.7 Å². The maximum atomic E-state index is 13.7. The third-order valence-corrected chi connectivity index (χ3v) is 8.12. The molecule has 3 aromatic carbocycles. The van der Waals surface area contributed by atoms with Crippen molar-refractivity contribution in [3.05, 3.63) is 83.4 Å². The molecule has 0 saturated carbocycles. The van der Waals surface area contributed by atoms with Crippen molar-refractivity contribution in [3.8, 4) is 17.2 Å². The van der Waals surface area contributed by atoms with Gasteiger partial charge in [0, 0.05) is 5.56 Å². The second kappa shape index (κ2) is 13.7. The number of unbranched alkanes of at least 4 members (excludes halogenated alkanes) is 2. The van der Waals surface area contributed by atoms with E-state index in [1.165, 1.54) is 16.2 Å². The van der Waals surface area contributed by atoms with Crippen molar-refractivity contribution in [2.75, 3.05) is 24.7 Å². The Morgan fingerprint density at radius 3 is 2.35 bits per heavy atom. The maximum Gasteiger partial charge on any atom is 0.301 e. The number of aliphatic hydroxyl groups is 1. The summed E-state index contributed by atoms with van der Waals surface area (Å²) in [6, 6.07) is 18.8. The number of carbonyl (C=O) groups is 2. The van der Waals surface area contributed by atoms with Gasteiger partial charge in [-0.2, -0.15) is 0 Å². The molecule has 1 saturated heterocycles. The summed E-state index contributed by atoms with van der Waals surface area (Å²) >= 11 is 1.29. The Balaban J connectivity index is 1.59. The van der Waals surface area contributed by atoms with Crippen molar-refractivity contribution in [3.63, 3.8) is 0 Å². The van der Waals surface area contributed by atoms with Crippen molar-refractivity contribution >= 4 is 44.1 Å². The summed E-state index contributed by atoms with van der Waals surface area (Å²) in [6.45, 7) is 7.71. The van der Waals surface area contributed by atoms with E-state index in [2.05, 4.69) is 6.92 Å². The SMILES string of the molecule is CCCCCOc1ccc(C2C(=C(O)c3cccc(OCCC)c3)C(=O)C(=O)N2c2nc3ccc(OCC)cc3s2)cc1. The van der Waals surface area contributed by atoms with Gasteiger partial charge in [0.25, 0.3) is 5.78 Å². The minimum atomic E-state index is -0.902. The molecule has 1 amide bonds. The molecule has 1 N–H and O–H groups in total. The van der Waals surface area contributed by atoms with Gasteiger partial charge in [0.2, 0.25) is 0 Å². The van der Waals surface area contributed by atoms with Crippen LogP contribution in [0.4, 0.5) is 5.13 Å². The molecule has 9 heteroatoms. The van der Waals surface area contributed by atoms with Crippen LogP contribution in [0.25, 0.3) is 16.0 Å². The van der Waals surface area contributed by atoms with E-state index >= 15 is 0 Å². The summed E-state index contributed by atoms with van der Waals surface area (Å²) in [6.07, 6.45) is 3.98. The Kier molecular flexibility index (Phi) is 9.61. The highest BCUT2D eigenvalue weighted by Crippen LogP contribution is 2.45. The van der Waals surface area contributed by atoms with E-state index in [1.54, 1.807) is 24.3 Å². The molecule has 0 bridgehead atoms. The second-order valence-electron chi connectivity index (χ2n) is 10.2. The van der Waals surface area contributed by atoms with Crippen LogP contribution in [-0.4, -0.2) is 41.6 Å². The predicted molar refractivity (Wildman–Crippen MR) is 169 cm³/mol. The van der Waals surface area contributed by atoms with Crippen molar-refractivity contribution in [1.29, 1.82) is 0 Å². The molecule has 8 nitrogen and oxygen atoms in total. The van der Waals surface area contributed by atoms with Crippen LogP contribution >= 0.6 is 11.3 Å². The molecular formula is C34H36N2O6S. The van der Waals surface area contributed by atoms with Crippen LogP contribution in [0, 0.1) is 0 Å². The van der Waals surface area contributed by atoms with Crippen LogP contribution in [0.2, 0.25) is 0 Å². The van der Waals surface area contributed by atoms with Gasteiger partial charge in [0.1, 0.15) is 23.0 Å². The van der Waals surface area contributed by atoms with Gasteiger partial charge in [-0.25, -0.2) is 4.98 Å². The zero-order chi connectivity index (χ0) is 30.3. The molecular weight excluding hydrogens is 564 g/mol. The molecule has 1 atom stereocenters. The summed E-state index contributed by atoms with van der Waals surface area (Å²) < 4.78 is 18.1. The van der Waals surface area contributed by atoms with E-state index < -0.39 is 17.7 Å². The number of fused-ring (bicyclic) bond motifs is 1. The smallest absolute Gasteiger partial charge is 0.301 e. The molecule has 0 spiro atoms. The Bertz CT molecular complexity index is 1630. The minimum absolute atomic E-state index is 0.0106. The Morgan fingerprint density at radius 2 is 1.60 bits per heavy atom. The predicted octanol–water partition coefficient (Wildman–Crippen LogP) is 7.68. The van der Waals surface area contributed by atoms with Crippen LogP contribution in [0.5, 0.6) is 17.2 Å². The number of hydrogen-bond acceptors (Lipinski definition) is 8. The monoisotopic (exact) mass is 600 g/mol. The number of ether oxygens (including phenoxy) is 3. The summed E-state index contributed by atoms with van der Waals surface area (Å²) in [5.74, 6) is 0.153. The van der Waals surface area contributed by atoms with E-state index in [0.29, 0.717) is 58.8 Å². The second-order valence-corrected chi connectivity index (χ2v) is 11.2. The maximum absolute atomic E-state index is 13.7. The largest absolute Gasteiger partial charge is 0.507 e. The lowest BCUT2D eigenvalue weighted by Crippen LogP contribution is -2.29. The standard InChI is InChI=1S/C34H36N2O6S/c1-4-7-8-19-42-24-14-12-22(13-15-24)30-29(31(37)23-10-9-11-25(20-23)41-18-5-2)32(38)33(39)36(30)34-35-27-17-16-26(40-6-3)21-28(27)43-34/h9-17,20-21,30,37H,4-8,18-19H2,1-3H3. The van der Waals surface area contributed by atoms with Crippen LogP contribution in [0.1, 0.15) is 63.6 Å². The van der Waals surface area contributed by atoms with Crippen molar-refractivity contribution in [2.24, 2.45) is 0 Å². The summed E-state index contributed by atoms with van der Waals surface area (Å²) in [5.41, 5.74) is 1.71. The Hall–Kier alpha value is -4.37. The number of aromatic nitrogens is 1. The number of hydrogen-bond donors (Lipinski definition) is 1. The molecule has 0 radical (unpaired) electrons. The van der Waals surface area contributed by atoms with Gasteiger partial charge in [0.05, 0.1) is 41.7 Å². The average Bonchev–Trinajstić information content (AvgIpc) is 3.56. The lowest BCUT2D eigenvalue weighted by molar-refractivity contribution is -0.132. The van der Waals surface area contributed by atoms with Crippen LogP contribution in [0.15, 0.2) is 72.3 Å². The van der Waals surface area contributed by atoms with Crippen molar-refractivity contribution in [2.45, 2.75) is 52.5 Å². The van der Waals surface area contributed by atoms with Gasteiger partial charge in [-0.05, 0) is 67.8 Å². The number of anilines is 1. The van der Waals surface area contributed by atoms with E-state index in [4.69, 9.17) is 19.2 Å². The van der Waals surface area contributed by atoms with Gasteiger partial charge >= 0.3 is 5.91 Å². The molecule has 4 aromatic rings.